The van der Waals surface area contributed by atoms with Gasteiger partial charge >= 0.3 is 5.97 Å². The molecule has 2 aromatic carbocycles. The Kier molecular flexibility index (Phi) is 5.43. The molecule has 10 nitrogen and oxygen atoms in total. The van der Waals surface area contributed by atoms with Crippen LogP contribution >= 0.6 is 0 Å². The molecule has 4 rings (SSSR count). The Morgan fingerprint density at radius 1 is 1.16 bits per heavy atom. The number of hydrogen-bond acceptors (Lipinski definition) is 8. The first-order valence-corrected chi connectivity index (χ1v) is 11.2. The number of fused-ring (bicyclic) bond motifs is 3. The third-order valence-corrected chi connectivity index (χ3v) is 6.66. The molecule has 2 heterocycles. The van der Waals surface area contributed by atoms with Gasteiger partial charge in [-0.15, -0.1) is 5.10 Å². The molecular formula is C21H20N4O6S. The van der Waals surface area contributed by atoms with E-state index in [1.165, 1.54) is 28.8 Å². The summed E-state index contributed by atoms with van der Waals surface area (Å²) in [6.07, 6.45) is 0. The molecule has 0 unspecified atom stereocenters. The van der Waals surface area contributed by atoms with E-state index in [1.807, 2.05) is 6.92 Å². The molecule has 0 amide bonds. The summed E-state index contributed by atoms with van der Waals surface area (Å²) in [6.45, 7) is 5.16. The molecule has 2 aromatic heterocycles. The number of aryl methyl sites for hydroxylation is 2. The van der Waals surface area contributed by atoms with E-state index in [2.05, 4.69) is 15.3 Å². The van der Waals surface area contributed by atoms with Gasteiger partial charge in [-0.25, -0.2) is 22.9 Å². The molecule has 11 heteroatoms. The van der Waals surface area contributed by atoms with Gasteiger partial charge in [-0.2, -0.15) is 4.98 Å². The van der Waals surface area contributed by atoms with Crippen molar-refractivity contribution in [2.24, 2.45) is 0 Å². The van der Waals surface area contributed by atoms with Gasteiger partial charge < -0.3 is 9.47 Å². The monoisotopic (exact) mass is 456 g/mol. The van der Waals surface area contributed by atoms with Crippen LogP contribution in [0.4, 0.5) is 0 Å². The lowest BCUT2D eigenvalue weighted by atomic mass is 10.2. The smallest absolute Gasteiger partial charge is 0.344 e. The third-order valence-electron chi connectivity index (χ3n) is 4.84. The van der Waals surface area contributed by atoms with Crippen LogP contribution in [0.1, 0.15) is 18.1 Å². The van der Waals surface area contributed by atoms with Crippen molar-refractivity contribution in [3.05, 3.63) is 57.9 Å². The molecular weight excluding hydrogens is 436 g/mol. The molecule has 32 heavy (non-hydrogen) atoms. The van der Waals surface area contributed by atoms with Crippen molar-refractivity contribution in [3.63, 3.8) is 0 Å². The lowest BCUT2D eigenvalue weighted by Gasteiger charge is -2.08. The fraction of sp³-hybridized carbons (Fsp3) is 0.238. The van der Waals surface area contributed by atoms with Gasteiger partial charge in [-0.1, -0.05) is 17.7 Å². The highest BCUT2D eigenvalue weighted by Crippen LogP contribution is 2.27. The van der Waals surface area contributed by atoms with E-state index in [4.69, 9.17) is 9.47 Å². The Bertz CT molecular complexity index is 1520. The number of aromatic nitrogens is 4. The van der Waals surface area contributed by atoms with Crippen molar-refractivity contribution in [3.8, 4) is 5.75 Å². The quantitative estimate of drug-likeness (QED) is 0.436. The number of sulfone groups is 1. The van der Waals surface area contributed by atoms with Crippen molar-refractivity contribution in [2.75, 3.05) is 13.2 Å². The fourth-order valence-electron chi connectivity index (χ4n) is 3.41. The Morgan fingerprint density at radius 3 is 2.66 bits per heavy atom. The van der Waals surface area contributed by atoms with Crippen molar-refractivity contribution in [1.82, 2.24) is 19.8 Å². The zero-order chi connectivity index (χ0) is 23.0. The van der Waals surface area contributed by atoms with Crippen LogP contribution in [0.2, 0.25) is 0 Å². The van der Waals surface area contributed by atoms with Crippen LogP contribution in [0.25, 0.3) is 16.6 Å². The maximum atomic E-state index is 13.3. The van der Waals surface area contributed by atoms with E-state index in [1.54, 1.807) is 26.0 Å². The highest BCUT2D eigenvalue weighted by atomic mass is 32.2. The Morgan fingerprint density at radius 2 is 1.94 bits per heavy atom. The van der Waals surface area contributed by atoms with E-state index in [0.717, 1.165) is 5.56 Å². The molecule has 1 N–H and O–H groups in total. The van der Waals surface area contributed by atoms with Gasteiger partial charge in [0.1, 0.15) is 5.75 Å². The van der Waals surface area contributed by atoms with Gasteiger partial charge in [0.25, 0.3) is 5.56 Å². The van der Waals surface area contributed by atoms with Crippen LogP contribution in [0.15, 0.2) is 51.1 Å². The average molecular weight is 456 g/mol. The number of ether oxygens (including phenoxy) is 2. The number of carbonyl (C=O) groups is 1. The second-order valence-corrected chi connectivity index (χ2v) is 8.97. The molecule has 4 aromatic rings. The number of H-pyrrole nitrogens is 1. The summed E-state index contributed by atoms with van der Waals surface area (Å²) >= 11 is 0. The van der Waals surface area contributed by atoms with E-state index >= 15 is 0 Å². The average Bonchev–Trinajstić information content (AvgIpc) is 3.17. The molecule has 0 aliphatic rings. The van der Waals surface area contributed by atoms with Gasteiger partial charge in [-0.05, 0) is 44.5 Å². The number of hydrogen-bond donors (Lipinski definition) is 1. The van der Waals surface area contributed by atoms with Gasteiger partial charge in [-0.3, -0.25) is 4.79 Å². The molecule has 0 spiro atoms. The topological polar surface area (TPSA) is 133 Å². The number of carbonyl (C=O) groups excluding carboxylic acids is 1. The largest absolute Gasteiger partial charge is 0.482 e. The van der Waals surface area contributed by atoms with Gasteiger partial charge in [0.15, 0.2) is 12.3 Å². The molecule has 0 aliphatic carbocycles. The van der Waals surface area contributed by atoms with Gasteiger partial charge in [0.2, 0.25) is 14.9 Å². The van der Waals surface area contributed by atoms with Gasteiger partial charge in [0, 0.05) is 6.07 Å². The molecule has 0 atom stereocenters. The van der Waals surface area contributed by atoms with Crippen molar-refractivity contribution < 1.29 is 22.7 Å². The molecule has 166 valence electrons. The number of nitrogens with zero attached hydrogens (tertiary/aromatic N) is 3. The first-order chi connectivity index (χ1) is 15.2. The Labute approximate surface area is 182 Å². The molecule has 0 fully saturated rings. The maximum absolute atomic E-state index is 13.3. The minimum absolute atomic E-state index is 0.0815. The molecule has 0 aliphatic heterocycles. The number of benzene rings is 2. The number of esters is 1. The van der Waals surface area contributed by atoms with Crippen molar-refractivity contribution in [1.29, 1.82) is 0 Å². The van der Waals surface area contributed by atoms with Crippen LogP contribution in [0.3, 0.4) is 0 Å². The second-order valence-electron chi connectivity index (χ2n) is 7.14. The van der Waals surface area contributed by atoms with Crippen LogP contribution in [-0.2, 0) is 19.4 Å². The van der Waals surface area contributed by atoms with Crippen molar-refractivity contribution in [2.45, 2.75) is 30.7 Å². The van der Waals surface area contributed by atoms with Crippen molar-refractivity contribution >= 4 is 32.4 Å². The maximum Gasteiger partial charge on any atom is 0.344 e. The second kappa shape index (κ2) is 8.08. The normalized spacial score (nSPS) is 11.7. The fourth-order valence-corrected chi connectivity index (χ4v) is 4.88. The third kappa shape index (κ3) is 3.71. The highest BCUT2D eigenvalue weighted by molar-refractivity contribution is 7.91. The van der Waals surface area contributed by atoms with E-state index in [9.17, 15) is 18.0 Å². The SMILES string of the molecule is CCOC(=O)COc1ccc2c(=O)nc3c(S(=O)(=O)c4ccc(C)cc4C)n[nH]n3c2c1. The number of nitrogens with one attached hydrogen (secondary N) is 1. The Balaban J connectivity index is 1.84. The first kappa shape index (κ1) is 21.5. The van der Waals surface area contributed by atoms with Gasteiger partial charge in [0.05, 0.1) is 22.4 Å². The molecule has 0 bridgehead atoms. The van der Waals surface area contributed by atoms with E-state index in [0.29, 0.717) is 16.8 Å². The van der Waals surface area contributed by atoms with Crippen LogP contribution in [0.5, 0.6) is 5.75 Å². The summed E-state index contributed by atoms with van der Waals surface area (Å²) in [5.74, 6) is -0.244. The first-order valence-electron chi connectivity index (χ1n) is 9.74. The molecule has 0 saturated carbocycles. The lowest BCUT2D eigenvalue weighted by Crippen LogP contribution is -2.15. The zero-order valence-corrected chi connectivity index (χ0v) is 18.4. The van der Waals surface area contributed by atoms with E-state index < -0.39 is 21.4 Å². The van der Waals surface area contributed by atoms with Crippen LogP contribution in [-0.4, -0.2) is 47.4 Å². The van der Waals surface area contributed by atoms with Crippen LogP contribution < -0.4 is 10.3 Å². The summed E-state index contributed by atoms with van der Waals surface area (Å²) in [6, 6.07) is 9.44. The summed E-state index contributed by atoms with van der Waals surface area (Å²) in [4.78, 5) is 28.2. The molecule has 0 saturated heterocycles. The lowest BCUT2D eigenvalue weighted by molar-refractivity contribution is -0.145. The minimum atomic E-state index is -4.05. The highest BCUT2D eigenvalue weighted by Gasteiger charge is 2.27. The number of aromatic amines is 1. The van der Waals surface area contributed by atoms with E-state index in [-0.39, 0.29) is 34.2 Å². The summed E-state index contributed by atoms with van der Waals surface area (Å²) in [7, 11) is -4.05. The van der Waals surface area contributed by atoms with Crippen LogP contribution in [0, 0.1) is 13.8 Å². The standard InChI is InChI=1S/C21H20N4O6S/c1-4-30-18(26)11-31-14-6-7-15-16(10-14)25-19(22-20(15)27)21(23-24-25)32(28,29)17-8-5-12(2)9-13(17)3/h5-10,24H,4,11H2,1-3H3. The number of rotatable bonds is 6. The summed E-state index contributed by atoms with van der Waals surface area (Å²) in [5, 5.41) is 6.44. The Hall–Kier alpha value is -3.73. The molecule has 0 radical (unpaired) electrons. The zero-order valence-electron chi connectivity index (χ0n) is 17.6. The summed E-state index contributed by atoms with van der Waals surface area (Å²) in [5.41, 5.74) is 1.03. The predicted octanol–water partition coefficient (Wildman–Crippen LogP) is 1.96. The summed E-state index contributed by atoms with van der Waals surface area (Å²) < 4.78 is 38.1. The minimum Gasteiger partial charge on any atom is -0.482 e. The predicted molar refractivity (Wildman–Crippen MR) is 115 cm³/mol.